The largest absolute Gasteiger partial charge is 0.0979 e. The third kappa shape index (κ3) is 4.38. The van der Waals surface area contributed by atoms with Crippen LogP contribution >= 0.6 is 0 Å². The second kappa shape index (κ2) is 6.31. The molecule has 0 fully saturated rings. The van der Waals surface area contributed by atoms with Crippen LogP contribution < -0.4 is 0 Å². The lowest BCUT2D eigenvalue weighted by Gasteiger charge is -1.93. The minimum Gasteiger partial charge on any atom is -0.0979 e. The van der Waals surface area contributed by atoms with Crippen molar-refractivity contribution in [2.45, 2.75) is 32.6 Å². The van der Waals surface area contributed by atoms with E-state index in [9.17, 15) is 0 Å². The highest BCUT2D eigenvalue weighted by molar-refractivity contribution is 5.39. The molecule has 1 aliphatic carbocycles. The molecule has 0 heteroatoms. The second-order valence-electron chi connectivity index (χ2n) is 3.06. The summed E-state index contributed by atoms with van der Waals surface area (Å²) in [6, 6.07) is 0. The lowest BCUT2D eigenvalue weighted by atomic mass is 10.1. The summed E-state index contributed by atoms with van der Waals surface area (Å²) < 4.78 is 0. The summed E-state index contributed by atoms with van der Waals surface area (Å²) in [5.74, 6) is 6.34. The fourth-order valence-electron chi connectivity index (χ4n) is 1.11. The third-order valence-electron chi connectivity index (χ3n) is 1.82. The van der Waals surface area contributed by atoms with E-state index in [1.54, 1.807) is 0 Å². The number of unbranched alkanes of at least 4 members (excludes halogenated alkanes) is 1. The van der Waals surface area contributed by atoms with Crippen LogP contribution in [0.1, 0.15) is 32.6 Å². The van der Waals surface area contributed by atoms with Gasteiger partial charge in [-0.15, -0.1) is 0 Å². The molecule has 0 saturated heterocycles. The van der Waals surface area contributed by atoms with Gasteiger partial charge in [0.1, 0.15) is 0 Å². The van der Waals surface area contributed by atoms with Crippen LogP contribution in [0.15, 0.2) is 36.0 Å². The molecule has 0 aromatic carbocycles. The summed E-state index contributed by atoms with van der Waals surface area (Å²) in [5.41, 5.74) is 1.16. The lowest BCUT2D eigenvalue weighted by molar-refractivity contribution is 0.983. The maximum atomic E-state index is 3.18. The van der Waals surface area contributed by atoms with Gasteiger partial charge in [0.25, 0.3) is 0 Å². The van der Waals surface area contributed by atoms with Gasteiger partial charge >= 0.3 is 0 Å². The normalized spacial score (nSPS) is 20.2. The highest BCUT2D eigenvalue weighted by Gasteiger charge is 1.86. The molecule has 0 aromatic heterocycles. The molecule has 0 N–H and O–H groups in total. The molecule has 0 aliphatic heterocycles. The van der Waals surface area contributed by atoms with E-state index in [0.717, 1.165) is 31.3 Å². The van der Waals surface area contributed by atoms with Gasteiger partial charge in [0.2, 0.25) is 0 Å². The summed E-state index contributed by atoms with van der Waals surface area (Å²) in [6.07, 6.45) is 15.0. The van der Waals surface area contributed by atoms with Gasteiger partial charge in [-0.2, -0.15) is 0 Å². The molecule has 0 saturated carbocycles. The van der Waals surface area contributed by atoms with E-state index in [4.69, 9.17) is 0 Å². The first kappa shape index (κ1) is 9.86. The van der Waals surface area contributed by atoms with Crippen LogP contribution in [0.4, 0.5) is 0 Å². The Balaban J connectivity index is 2.58. The van der Waals surface area contributed by atoms with Crippen molar-refractivity contribution in [2.75, 3.05) is 0 Å². The molecule has 0 spiro atoms. The highest BCUT2D eigenvalue weighted by Crippen LogP contribution is 2.04. The Morgan fingerprint density at radius 3 is 2.92 bits per heavy atom. The minimum atomic E-state index is 1.00. The Morgan fingerprint density at radius 2 is 2.08 bits per heavy atom. The molecule has 0 bridgehead atoms. The van der Waals surface area contributed by atoms with Gasteiger partial charge < -0.3 is 0 Å². The van der Waals surface area contributed by atoms with Crippen molar-refractivity contribution in [3.63, 3.8) is 0 Å². The van der Waals surface area contributed by atoms with Crippen molar-refractivity contribution in [2.24, 2.45) is 0 Å². The Labute approximate surface area is 81.0 Å². The fourth-order valence-corrected chi connectivity index (χ4v) is 1.11. The van der Waals surface area contributed by atoms with Crippen molar-refractivity contribution in [3.05, 3.63) is 36.0 Å². The van der Waals surface area contributed by atoms with E-state index in [0.29, 0.717) is 0 Å². The molecule has 0 amide bonds. The molecule has 1 rings (SSSR count). The van der Waals surface area contributed by atoms with Crippen molar-refractivity contribution < 1.29 is 0 Å². The van der Waals surface area contributed by atoms with Crippen LogP contribution in [0.3, 0.4) is 0 Å². The Hall–Kier alpha value is -1.22. The summed E-state index contributed by atoms with van der Waals surface area (Å²) in [6.45, 7) is 2.15. The smallest absolute Gasteiger partial charge is 0.0205 e. The Kier molecular flexibility index (Phi) is 4.79. The molecule has 0 heterocycles. The molecule has 1 aliphatic rings. The molecule has 13 heavy (non-hydrogen) atoms. The second-order valence-corrected chi connectivity index (χ2v) is 3.06. The van der Waals surface area contributed by atoms with Gasteiger partial charge in [0, 0.05) is 12.0 Å². The number of rotatable bonds is 1. The average Bonchev–Trinajstić information content (AvgIpc) is 2.08. The highest BCUT2D eigenvalue weighted by atomic mass is 13.9. The first-order chi connectivity index (χ1) is 6.43. The van der Waals surface area contributed by atoms with E-state index >= 15 is 0 Å². The minimum absolute atomic E-state index is 1.00. The van der Waals surface area contributed by atoms with Gasteiger partial charge in [0.15, 0.2) is 0 Å². The molecular formula is C13H16. The summed E-state index contributed by atoms with van der Waals surface area (Å²) >= 11 is 0. The quantitative estimate of drug-likeness (QED) is 0.418. The molecular weight excluding hydrogens is 156 g/mol. The number of hydrogen-bond acceptors (Lipinski definition) is 0. The Bertz CT molecular complexity index is 279. The SMILES string of the molecule is CCCC#CC1=CC/C=C\C/C=C\1. The maximum absolute atomic E-state index is 3.18. The van der Waals surface area contributed by atoms with Crippen LogP contribution in [0.5, 0.6) is 0 Å². The van der Waals surface area contributed by atoms with Gasteiger partial charge in [-0.25, -0.2) is 0 Å². The standard InChI is InChI=1S/C13H16/c1-2-3-7-10-13-11-8-5-4-6-9-12-13/h4-5,9,11-12H,2-3,6,8H2,1H3/b5-4-,12-9-,13-11?. The fraction of sp³-hybridized carbons (Fsp3) is 0.385. The molecule has 0 atom stereocenters. The van der Waals surface area contributed by atoms with Crippen LogP contribution in [0.2, 0.25) is 0 Å². The van der Waals surface area contributed by atoms with Crippen molar-refractivity contribution in [1.82, 2.24) is 0 Å². The first-order valence-electron chi connectivity index (χ1n) is 4.94. The molecule has 0 radical (unpaired) electrons. The van der Waals surface area contributed by atoms with Crippen LogP contribution in [0.25, 0.3) is 0 Å². The summed E-state index contributed by atoms with van der Waals surface area (Å²) in [4.78, 5) is 0. The van der Waals surface area contributed by atoms with E-state index in [1.165, 1.54) is 0 Å². The lowest BCUT2D eigenvalue weighted by Crippen LogP contribution is -1.76. The maximum Gasteiger partial charge on any atom is 0.0205 e. The zero-order chi connectivity index (χ0) is 9.36. The van der Waals surface area contributed by atoms with E-state index in [-0.39, 0.29) is 0 Å². The predicted octanol–water partition coefficient (Wildman–Crippen LogP) is 3.62. The van der Waals surface area contributed by atoms with E-state index in [1.807, 2.05) is 0 Å². The third-order valence-corrected chi connectivity index (χ3v) is 1.82. The average molecular weight is 172 g/mol. The van der Waals surface area contributed by atoms with Crippen molar-refractivity contribution in [3.8, 4) is 11.8 Å². The predicted molar refractivity (Wildman–Crippen MR) is 58.3 cm³/mol. The molecule has 0 unspecified atom stereocenters. The summed E-state index contributed by atoms with van der Waals surface area (Å²) in [5, 5.41) is 0. The summed E-state index contributed by atoms with van der Waals surface area (Å²) in [7, 11) is 0. The number of hydrogen-bond donors (Lipinski definition) is 0. The molecule has 0 aromatic rings. The topological polar surface area (TPSA) is 0 Å². The zero-order valence-corrected chi connectivity index (χ0v) is 8.22. The van der Waals surface area contributed by atoms with Crippen molar-refractivity contribution in [1.29, 1.82) is 0 Å². The van der Waals surface area contributed by atoms with Gasteiger partial charge in [-0.3, -0.25) is 0 Å². The number of allylic oxidation sites excluding steroid dienone is 6. The van der Waals surface area contributed by atoms with Gasteiger partial charge in [0.05, 0.1) is 0 Å². The van der Waals surface area contributed by atoms with Crippen molar-refractivity contribution >= 4 is 0 Å². The van der Waals surface area contributed by atoms with Crippen LogP contribution in [0, 0.1) is 11.8 Å². The van der Waals surface area contributed by atoms with E-state index in [2.05, 4.69) is 49.1 Å². The Morgan fingerprint density at radius 1 is 1.23 bits per heavy atom. The van der Waals surface area contributed by atoms with Crippen LogP contribution in [-0.2, 0) is 0 Å². The zero-order valence-electron chi connectivity index (χ0n) is 8.22. The molecule has 0 nitrogen and oxygen atoms in total. The van der Waals surface area contributed by atoms with Gasteiger partial charge in [-0.1, -0.05) is 49.1 Å². The van der Waals surface area contributed by atoms with Crippen LogP contribution in [-0.4, -0.2) is 0 Å². The van der Waals surface area contributed by atoms with E-state index < -0.39 is 0 Å². The monoisotopic (exact) mass is 172 g/mol. The van der Waals surface area contributed by atoms with Gasteiger partial charge in [-0.05, 0) is 19.3 Å². The first-order valence-corrected chi connectivity index (χ1v) is 4.94. The molecule has 68 valence electrons.